The van der Waals surface area contributed by atoms with Crippen LogP contribution in [0.4, 0.5) is 8.78 Å². The number of hydrogen-bond donors (Lipinski definition) is 1. The normalized spacial score (nSPS) is 21.2. The number of likely N-dealkylation sites (tertiary alicyclic amines) is 1. The molecule has 0 spiro atoms. The minimum Gasteiger partial charge on any atom is -0.493 e. The summed E-state index contributed by atoms with van der Waals surface area (Å²) in [7, 11) is 2.13. The Balaban J connectivity index is 1.54. The van der Waals surface area contributed by atoms with Gasteiger partial charge in [-0.25, -0.2) is 8.78 Å². The molecule has 1 aliphatic carbocycles. The Morgan fingerprint density at radius 2 is 2.07 bits per heavy atom. The van der Waals surface area contributed by atoms with E-state index in [0.29, 0.717) is 43.1 Å². The minimum absolute atomic E-state index is 0.0551. The van der Waals surface area contributed by atoms with Crippen LogP contribution in [0.2, 0.25) is 0 Å². The van der Waals surface area contributed by atoms with Crippen LogP contribution in [0.1, 0.15) is 37.7 Å². The molecule has 28 heavy (non-hydrogen) atoms. The highest BCUT2D eigenvalue weighted by molar-refractivity contribution is 5.80. The van der Waals surface area contributed by atoms with Crippen LogP contribution < -0.4 is 10.1 Å². The molecule has 1 unspecified atom stereocenters. The van der Waals surface area contributed by atoms with Gasteiger partial charge in [-0.2, -0.15) is 0 Å². The zero-order valence-electron chi connectivity index (χ0n) is 16.6. The van der Waals surface area contributed by atoms with Gasteiger partial charge >= 0.3 is 0 Å². The first-order chi connectivity index (χ1) is 13.6. The van der Waals surface area contributed by atoms with Gasteiger partial charge in [-0.1, -0.05) is 6.08 Å². The van der Waals surface area contributed by atoms with Crippen molar-refractivity contribution in [2.24, 2.45) is 11.8 Å². The Kier molecular flexibility index (Phi) is 7.43. The van der Waals surface area contributed by atoms with Crippen molar-refractivity contribution < 1.29 is 18.3 Å². The van der Waals surface area contributed by atoms with Crippen LogP contribution in [0.15, 0.2) is 24.3 Å². The van der Waals surface area contributed by atoms with Crippen molar-refractivity contribution in [2.75, 3.05) is 40.0 Å². The van der Waals surface area contributed by atoms with Crippen molar-refractivity contribution in [3.63, 3.8) is 0 Å². The molecule has 3 rings (SSSR count). The zero-order chi connectivity index (χ0) is 19.9. The van der Waals surface area contributed by atoms with Crippen molar-refractivity contribution >= 4 is 11.5 Å². The van der Waals surface area contributed by atoms with Gasteiger partial charge in [0.05, 0.1) is 6.61 Å². The summed E-state index contributed by atoms with van der Waals surface area (Å²) in [4.78, 5) is 14.2. The molecule has 154 valence electrons. The number of nitrogens with one attached hydrogen (secondary N) is 1. The number of piperidine rings is 1. The molecule has 1 N–H and O–H groups in total. The molecule has 1 aliphatic heterocycles. The number of halogens is 2. The number of benzene rings is 1. The lowest BCUT2D eigenvalue weighted by molar-refractivity contribution is -0.125. The second-order valence-electron chi connectivity index (χ2n) is 7.88. The van der Waals surface area contributed by atoms with E-state index in [0.717, 1.165) is 31.5 Å². The smallest absolute Gasteiger partial charge is 0.223 e. The van der Waals surface area contributed by atoms with E-state index in [2.05, 4.69) is 17.3 Å². The van der Waals surface area contributed by atoms with Crippen molar-refractivity contribution in [3.05, 3.63) is 35.7 Å². The highest BCUT2D eigenvalue weighted by Crippen LogP contribution is 2.33. The highest BCUT2D eigenvalue weighted by atomic mass is 19.1. The highest BCUT2D eigenvalue weighted by Gasteiger charge is 2.23. The standard InChI is InChI=1S/C22H30F2N2O2/c1-26-12-8-16(9-13-26)15-28-19-6-7-20(21(24)14-19)17-2-4-18(5-3-17)22(27)25-11-10-23/h2,6-7,14,16,18H,3-5,8-13,15H2,1H3,(H,25,27). The predicted octanol–water partition coefficient (Wildman–Crippen LogP) is 3.82. The van der Waals surface area contributed by atoms with Gasteiger partial charge in [0.25, 0.3) is 0 Å². The Bertz CT molecular complexity index is 700. The van der Waals surface area contributed by atoms with Gasteiger partial charge in [-0.15, -0.1) is 0 Å². The second-order valence-corrected chi connectivity index (χ2v) is 7.88. The van der Waals surface area contributed by atoms with Crippen LogP contribution in [0.3, 0.4) is 0 Å². The van der Waals surface area contributed by atoms with E-state index in [1.165, 1.54) is 6.07 Å². The van der Waals surface area contributed by atoms with Crippen molar-refractivity contribution in [2.45, 2.75) is 32.1 Å². The third-order valence-electron chi connectivity index (χ3n) is 5.79. The largest absolute Gasteiger partial charge is 0.493 e. The van der Waals surface area contributed by atoms with Crippen molar-refractivity contribution in [3.8, 4) is 5.75 Å². The molecule has 4 nitrogen and oxygen atoms in total. The van der Waals surface area contributed by atoms with Gasteiger partial charge < -0.3 is 15.0 Å². The van der Waals surface area contributed by atoms with Crippen LogP contribution in [0.25, 0.3) is 5.57 Å². The monoisotopic (exact) mass is 392 g/mol. The molecule has 1 amide bonds. The molecule has 0 saturated carbocycles. The van der Waals surface area contributed by atoms with Gasteiger partial charge in [0.15, 0.2) is 0 Å². The molecular formula is C22H30F2N2O2. The first-order valence-electron chi connectivity index (χ1n) is 10.2. The zero-order valence-corrected chi connectivity index (χ0v) is 16.6. The average Bonchev–Trinajstić information content (AvgIpc) is 2.72. The van der Waals surface area contributed by atoms with E-state index in [4.69, 9.17) is 4.74 Å². The quantitative estimate of drug-likeness (QED) is 0.767. The fraction of sp³-hybridized carbons (Fsp3) is 0.591. The summed E-state index contributed by atoms with van der Waals surface area (Å²) in [6, 6.07) is 5.06. The lowest BCUT2D eigenvalue weighted by atomic mass is 9.86. The number of allylic oxidation sites excluding steroid dienone is 2. The fourth-order valence-electron chi connectivity index (χ4n) is 3.92. The number of hydrogen-bond acceptors (Lipinski definition) is 3. The summed E-state index contributed by atoms with van der Waals surface area (Å²) < 4.78 is 32.6. The summed E-state index contributed by atoms with van der Waals surface area (Å²) >= 11 is 0. The van der Waals surface area contributed by atoms with E-state index in [1.807, 2.05) is 12.1 Å². The van der Waals surface area contributed by atoms with E-state index in [9.17, 15) is 13.6 Å². The maximum absolute atomic E-state index is 14.6. The number of alkyl halides is 1. The number of nitrogens with zero attached hydrogens (tertiary/aromatic N) is 1. The number of rotatable bonds is 7. The molecule has 0 aromatic heterocycles. The molecule has 1 aromatic carbocycles. The van der Waals surface area contributed by atoms with Crippen LogP contribution >= 0.6 is 0 Å². The third-order valence-corrected chi connectivity index (χ3v) is 5.79. The van der Waals surface area contributed by atoms with Crippen molar-refractivity contribution in [1.82, 2.24) is 10.2 Å². The predicted molar refractivity (Wildman–Crippen MR) is 106 cm³/mol. The number of ether oxygens (including phenoxy) is 1. The third kappa shape index (κ3) is 5.53. The lowest BCUT2D eigenvalue weighted by Gasteiger charge is -2.28. The Hall–Kier alpha value is -1.95. The molecular weight excluding hydrogens is 362 g/mol. The van der Waals surface area contributed by atoms with Crippen LogP contribution in [0.5, 0.6) is 5.75 Å². The molecule has 1 aromatic rings. The summed E-state index contributed by atoms with van der Waals surface area (Å²) in [5, 5.41) is 2.58. The number of carbonyl (C=O) groups excluding carboxylic acids is 1. The molecule has 6 heteroatoms. The second kappa shape index (κ2) is 10.0. The molecule has 0 radical (unpaired) electrons. The molecule has 1 heterocycles. The van der Waals surface area contributed by atoms with Gasteiger partial charge in [0.1, 0.15) is 18.2 Å². The van der Waals surface area contributed by atoms with Gasteiger partial charge in [0, 0.05) is 24.1 Å². The maximum atomic E-state index is 14.6. The Morgan fingerprint density at radius 1 is 1.29 bits per heavy atom. The molecule has 1 saturated heterocycles. The maximum Gasteiger partial charge on any atom is 0.223 e. The summed E-state index contributed by atoms with van der Waals surface area (Å²) in [6.07, 6.45) is 6.01. The first kappa shape index (κ1) is 20.8. The summed E-state index contributed by atoms with van der Waals surface area (Å²) in [5.74, 6) is 0.537. The molecule has 0 bridgehead atoms. The van der Waals surface area contributed by atoms with E-state index in [1.54, 1.807) is 6.07 Å². The van der Waals surface area contributed by atoms with E-state index >= 15 is 0 Å². The SMILES string of the molecule is CN1CCC(COc2ccc(C3=CCC(C(=O)NCCF)CC3)c(F)c2)CC1. The van der Waals surface area contributed by atoms with Gasteiger partial charge in [-0.3, -0.25) is 4.79 Å². The average molecular weight is 392 g/mol. The van der Waals surface area contributed by atoms with Crippen LogP contribution in [0, 0.1) is 17.7 Å². The van der Waals surface area contributed by atoms with Crippen LogP contribution in [-0.2, 0) is 4.79 Å². The van der Waals surface area contributed by atoms with Gasteiger partial charge in [-0.05, 0) is 75.9 Å². The Labute approximate surface area is 165 Å². The summed E-state index contributed by atoms with van der Waals surface area (Å²) in [5.41, 5.74) is 1.50. The summed E-state index contributed by atoms with van der Waals surface area (Å²) in [6.45, 7) is 2.30. The molecule has 1 fully saturated rings. The number of amides is 1. The molecule has 1 atom stereocenters. The topological polar surface area (TPSA) is 41.6 Å². The Morgan fingerprint density at radius 3 is 2.71 bits per heavy atom. The van der Waals surface area contributed by atoms with Crippen LogP contribution in [-0.4, -0.2) is 50.8 Å². The molecule has 2 aliphatic rings. The fourth-order valence-corrected chi connectivity index (χ4v) is 3.92. The first-order valence-corrected chi connectivity index (χ1v) is 10.2. The lowest BCUT2D eigenvalue weighted by Crippen LogP contribution is -2.32. The minimum atomic E-state index is -0.559. The van der Waals surface area contributed by atoms with Gasteiger partial charge in [0.2, 0.25) is 5.91 Å². The van der Waals surface area contributed by atoms with E-state index < -0.39 is 6.67 Å². The van der Waals surface area contributed by atoms with E-state index in [-0.39, 0.29) is 24.2 Å². The van der Waals surface area contributed by atoms with Crippen molar-refractivity contribution in [1.29, 1.82) is 0 Å². The number of carbonyl (C=O) groups is 1.